The Hall–Kier alpha value is -2.68. The number of sulfone groups is 1. The molecule has 144 valence electrons. The fourth-order valence-electron chi connectivity index (χ4n) is 3.12. The zero-order valence-corrected chi connectivity index (χ0v) is 16.1. The number of carbonyl (C=O) groups is 2. The minimum atomic E-state index is -3.22. The average molecular weight is 392 g/mol. The number of Topliss-reactive ketones (excluding diaryl/α,β-unsaturated/α-hetero) is 1. The van der Waals surface area contributed by atoms with Crippen LogP contribution in [0.25, 0.3) is 5.82 Å². The number of aryl methyl sites for hydroxylation is 2. The second kappa shape index (κ2) is 7.15. The van der Waals surface area contributed by atoms with E-state index in [9.17, 15) is 18.0 Å². The van der Waals surface area contributed by atoms with Gasteiger partial charge in [-0.15, -0.1) is 0 Å². The lowest BCUT2D eigenvalue weighted by Crippen LogP contribution is -2.18. The predicted octanol–water partition coefficient (Wildman–Crippen LogP) is 2.06. The molecule has 0 aliphatic carbocycles. The van der Waals surface area contributed by atoms with Gasteiger partial charge in [-0.3, -0.25) is 14.2 Å². The Balaban J connectivity index is 1.63. The highest BCUT2D eigenvalue weighted by Gasteiger charge is 2.25. The standard InChI is InChI=1S/C18H20N2O6S/c1-11-6-15(13(3)20(11)17-7-12(2)26-19-17)16(21)9-25-18(22)8-14-4-5-27(23,24)10-14/h4-7,14H,8-10H2,1-3H3. The van der Waals surface area contributed by atoms with E-state index in [1.165, 1.54) is 6.08 Å². The molecule has 0 spiro atoms. The molecular weight excluding hydrogens is 372 g/mol. The summed E-state index contributed by atoms with van der Waals surface area (Å²) in [6, 6.07) is 3.47. The van der Waals surface area contributed by atoms with Crippen LogP contribution < -0.4 is 0 Å². The first-order chi connectivity index (χ1) is 12.7. The number of aromatic nitrogens is 2. The largest absolute Gasteiger partial charge is 0.457 e. The topological polar surface area (TPSA) is 108 Å². The number of esters is 1. The molecule has 1 unspecified atom stereocenters. The number of ether oxygens (including phenoxy) is 1. The second-order valence-corrected chi connectivity index (χ2v) is 8.55. The summed E-state index contributed by atoms with van der Waals surface area (Å²) in [5, 5.41) is 5.07. The SMILES string of the molecule is Cc1cc(-n2c(C)cc(C(=O)COC(=O)CC3C=CS(=O)(=O)C3)c2C)no1. The Labute approximate surface area is 156 Å². The lowest BCUT2D eigenvalue weighted by molar-refractivity contribution is -0.143. The average Bonchev–Trinajstić information content (AvgIpc) is 3.23. The molecule has 0 aromatic carbocycles. The third-order valence-corrected chi connectivity index (χ3v) is 5.84. The van der Waals surface area contributed by atoms with E-state index in [0.29, 0.717) is 22.8 Å². The number of rotatable bonds is 6. The molecule has 0 amide bonds. The third kappa shape index (κ3) is 4.19. The van der Waals surface area contributed by atoms with Crippen LogP contribution in [0, 0.1) is 26.7 Å². The predicted molar refractivity (Wildman–Crippen MR) is 96.4 cm³/mol. The Kier molecular flexibility index (Phi) is 5.05. The number of carbonyl (C=O) groups excluding carboxylic acids is 2. The Morgan fingerprint density at radius 1 is 1.30 bits per heavy atom. The minimum absolute atomic E-state index is 0.0692. The number of hydrogen-bond donors (Lipinski definition) is 0. The van der Waals surface area contributed by atoms with Gasteiger partial charge < -0.3 is 9.26 Å². The van der Waals surface area contributed by atoms with Crippen molar-refractivity contribution in [3.63, 3.8) is 0 Å². The van der Waals surface area contributed by atoms with E-state index in [1.54, 1.807) is 30.5 Å². The van der Waals surface area contributed by atoms with Crippen molar-refractivity contribution >= 4 is 21.6 Å². The molecule has 2 aromatic rings. The molecule has 1 atom stereocenters. The van der Waals surface area contributed by atoms with Gasteiger partial charge >= 0.3 is 5.97 Å². The Bertz CT molecular complexity index is 1030. The Morgan fingerprint density at radius 3 is 2.63 bits per heavy atom. The monoisotopic (exact) mass is 392 g/mol. The quantitative estimate of drug-likeness (QED) is 0.547. The molecule has 1 aliphatic heterocycles. The zero-order valence-electron chi connectivity index (χ0n) is 15.3. The zero-order chi connectivity index (χ0) is 19.8. The molecule has 0 bridgehead atoms. The van der Waals surface area contributed by atoms with Crippen LogP contribution in [-0.2, 0) is 19.4 Å². The second-order valence-electron chi connectivity index (χ2n) is 6.62. The van der Waals surface area contributed by atoms with Crippen molar-refractivity contribution < 1.29 is 27.3 Å². The molecule has 27 heavy (non-hydrogen) atoms. The summed E-state index contributed by atoms with van der Waals surface area (Å²) in [5.74, 6) is -0.212. The molecule has 0 saturated carbocycles. The van der Waals surface area contributed by atoms with Gasteiger partial charge in [0.15, 0.2) is 22.3 Å². The van der Waals surface area contributed by atoms with Gasteiger partial charge in [-0.1, -0.05) is 11.2 Å². The van der Waals surface area contributed by atoms with Gasteiger partial charge in [-0.25, -0.2) is 8.42 Å². The molecule has 0 saturated heterocycles. The van der Waals surface area contributed by atoms with Crippen LogP contribution in [-0.4, -0.2) is 42.3 Å². The normalized spacial score (nSPS) is 18.0. The van der Waals surface area contributed by atoms with Crippen molar-refractivity contribution in [1.29, 1.82) is 0 Å². The van der Waals surface area contributed by atoms with Gasteiger partial charge in [-0.05, 0) is 26.8 Å². The van der Waals surface area contributed by atoms with Crippen molar-refractivity contribution in [2.75, 3.05) is 12.4 Å². The molecule has 0 fully saturated rings. The van der Waals surface area contributed by atoms with Crippen molar-refractivity contribution in [3.05, 3.63) is 46.3 Å². The van der Waals surface area contributed by atoms with Crippen LogP contribution in [0.2, 0.25) is 0 Å². The van der Waals surface area contributed by atoms with Gasteiger partial charge in [-0.2, -0.15) is 0 Å². The van der Waals surface area contributed by atoms with Gasteiger partial charge in [0.05, 0.1) is 12.2 Å². The molecule has 2 aromatic heterocycles. The fourth-order valence-corrected chi connectivity index (χ4v) is 4.52. The van der Waals surface area contributed by atoms with E-state index in [-0.39, 0.29) is 18.0 Å². The summed E-state index contributed by atoms with van der Waals surface area (Å²) in [6.07, 6.45) is 1.41. The summed E-state index contributed by atoms with van der Waals surface area (Å²) >= 11 is 0. The summed E-state index contributed by atoms with van der Waals surface area (Å²) < 4.78 is 34.6. The highest BCUT2D eigenvalue weighted by molar-refractivity contribution is 7.94. The van der Waals surface area contributed by atoms with Crippen molar-refractivity contribution in [2.45, 2.75) is 27.2 Å². The molecule has 0 radical (unpaired) electrons. The number of hydrogen-bond acceptors (Lipinski definition) is 7. The van der Waals surface area contributed by atoms with E-state index in [2.05, 4.69) is 5.16 Å². The van der Waals surface area contributed by atoms with E-state index in [1.807, 2.05) is 6.92 Å². The van der Waals surface area contributed by atoms with Crippen LogP contribution in [0.15, 0.2) is 28.1 Å². The highest BCUT2D eigenvalue weighted by Crippen LogP contribution is 2.22. The van der Waals surface area contributed by atoms with Crippen LogP contribution in [0.4, 0.5) is 0 Å². The van der Waals surface area contributed by atoms with E-state index < -0.39 is 28.3 Å². The van der Waals surface area contributed by atoms with E-state index in [0.717, 1.165) is 11.1 Å². The Morgan fingerprint density at radius 2 is 2.04 bits per heavy atom. The maximum atomic E-state index is 12.5. The van der Waals surface area contributed by atoms with Gasteiger partial charge in [0, 0.05) is 34.3 Å². The lowest BCUT2D eigenvalue weighted by atomic mass is 10.1. The van der Waals surface area contributed by atoms with Crippen LogP contribution in [0.5, 0.6) is 0 Å². The highest BCUT2D eigenvalue weighted by atomic mass is 32.2. The van der Waals surface area contributed by atoms with Gasteiger partial charge in [0.25, 0.3) is 0 Å². The summed E-state index contributed by atoms with van der Waals surface area (Å²) in [6.45, 7) is 5.00. The number of ketones is 1. The van der Waals surface area contributed by atoms with E-state index in [4.69, 9.17) is 9.26 Å². The molecular formula is C18H20N2O6S. The third-order valence-electron chi connectivity index (χ3n) is 4.37. The summed E-state index contributed by atoms with van der Waals surface area (Å²) in [7, 11) is -3.22. The smallest absolute Gasteiger partial charge is 0.306 e. The number of nitrogens with zero attached hydrogens (tertiary/aromatic N) is 2. The van der Waals surface area contributed by atoms with Gasteiger partial charge in [0.1, 0.15) is 5.76 Å². The van der Waals surface area contributed by atoms with Crippen molar-refractivity contribution in [1.82, 2.24) is 9.72 Å². The van der Waals surface area contributed by atoms with Crippen molar-refractivity contribution in [3.8, 4) is 5.82 Å². The summed E-state index contributed by atoms with van der Waals surface area (Å²) in [5.41, 5.74) is 1.91. The van der Waals surface area contributed by atoms with Crippen LogP contribution in [0.1, 0.15) is 33.9 Å². The molecule has 8 nitrogen and oxygen atoms in total. The summed E-state index contributed by atoms with van der Waals surface area (Å²) in [4.78, 5) is 24.4. The van der Waals surface area contributed by atoms with Gasteiger partial charge in [0.2, 0.25) is 5.78 Å². The number of allylic oxidation sites excluding steroid dienone is 1. The first-order valence-electron chi connectivity index (χ1n) is 8.38. The minimum Gasteiger partial charge on any atom is -0.457 e. The van der Waals surface area contributed by atoms with Crippen LogP contribution in [0.3, 0.4) is 0 Å². The maximum absolute atomic E-state index is 12.5. The molecule has 3 rings (SSSR count). The maximum Gasteiger partial charge on any atom is 0.306 e. The first-order valence-corrected chi connectivity index (χ1v) is 10.1. The first kappa shape index (κ1) is 19.1. The van der Waals surface area contributed by atoms with Crippen molar-refractivity contribution in [2.24, 2.45) is 5.92 Å². The van der Waals surface area contributed by atoms with Crippen LogP contribution >= 0.6 is 0 Å². The molecule has 1 aliphatic rings. The van der Waals surface area contributed by atoms with E-state index >= 15 is 0 Å². The molecule has 0 N–H and O–H groups in total. The molecule has 3 heterocycles. The fraction of sp³-hybridized carbons (Fsp3) is 0.389. The molecule has 9 heteroatoms. The lowest BCUT2D eigenvalue weighted by Gasteiger charge is -2.08.